The van der Waals surface area contributed by atoms with Crippen LogP contribution in [0.1, 0.15) is 11.1 Å². The number of amides is 1. The summed E-state index contributed by atoms with van der Waals surface area (Å²) >= 11 is 18.8. The van der Waals surface area contributed by atoms with E-state index in [0.29, 0.717) is 38.1 Å². The van der Waals surface area contributed by atoms with Crippen molar-refractivity contribution in [1.29, 1.82) is 5.26 Å². The zero-order chi connectivity index (χ0) is 22.4. The Labute approximate surface area is 206 Å². The van der Waals surface area contributed by atoms with Crippen molar-refractivity contribution in [2.24, 2.45) is 0 Å². The summed E-state index contributed by atoms with van der Waals surface area (Å²) in [5, 5.41) is 12.8. The van der Waals surface area contributed by atoms with E-state index in [-0.39, 0.29) is 5.57 Å². The zero-order valence-corrected chi connectivity index (χ0v) is 20.5. The number of benzene rings is 3. The van der Waals surface area contributed by atoms with Crippen molar-refractivity contribution in [1.82, 2.24) is 0 Å². The fraction of sp³-hybridized carbons (Fsp3) is 0.0435. The van der Waals surface area contributed by atoms with Crippen molar-refractivity contribution in [3.63, 3.8) is 0 Å². The molecule has 3 aromatic carbocycles. The van der Waals surface area contributed by atoms with Crippen LogP contribution in [0, 0.1) is 11.3 Å². The number of nitriles is 1. The maximum absolute atomic E-state index is 12.5. The zero-order valence-electron chi connectivity index (χ0n) is 15.8. The molecule has 0 heterocycles. The highest BCUT2D eigenvalue weighted by Crippen LogP contribution is 2.29. The molecule has 0 unspecified atom stereocenters. The van der Waals surface area contributed by atoms with Crippen LogP contribution >= 0.6 is 55.1 Å². The molecule has 0 spiro atoms. The summed E-state index contributed by atoms with van der Waals surface area (Å²) < 4.78 is 7.55. The molecule has 0 fully saturated rings. The summed E-state index contributed by atoms with van der Waals surface area (Å²) in [7, 11) is 0. The summed E-state index contributed by atoms with van der Waals surface area (Å²) in [5.41, 5.74) is 2.07. The van der Waals surface area contributed by atoms with Gasteiger partial charge in [0.1, 0.15) is 24.0 Å². The van der Waals surface area contributed by atoms with Crippen molar-refractivity contribution < 1.29 is 9.53 Å². The SMILES string of the molecule is N#C/C(=C\c1ccc(OCc2ccccc2Br)c(Br)c1)C(=O)Nc1ccc(Cl)c(Cl)c1. The van der Waals surface area contributed by atoms with Gasteiger partial charge in [-0.15, -0.1) is 0 Å². The first kappa shape index (κ1) is 23.4. The molecular weight excluding hydrogens is 567 g/mol. The molecule has 0 saturated heterocycles. The fourth-order valence-corrected chi connectivity index (χ4v) is 3.79. The summed E-state index contributed by atoms with van der Waals surface area (Å²) in [5.74, 6) is 0.0953. The van der Waals surface area contributed by atoms with E-state index in [9.17, 15) is 10.1 Å². The van der Waals surface area contributed by atoms with Gasteiger partial charge in [-0.3, -0.25) is 4.79 Å². The van der Waals surface area contributed by atoms with Crippen molar-refractivity contribution in [2.75, 3.05) is 5.32 Å². The predicted molar refractivity (Wildman–Crippen MR) is 131 cm³/mol. The normalized spacial score (nSPS) is 11.0. The van der Waals surface area contributed by atoms with Gasteiger partial charge in [0.05, 0.1) is 14.5 Å². The number of nitrogens with one attached hydrogen (secondary N) is 1. The predicted octanol–water partition coefficient (Wildman–Crippen LogP) is 7.64. The van der Waals surface area contributed by atoms with Gasteiger partial charge in [0.2, 0.25) is 0 Å². The maximum Gasteiger partial charge on any atom is 0.266 e. The molecule has 0 atom stereocenters. The Hall–Kier alpha value is -2.30. The average Bonchev–Trinajstić information content (AvgIpc) is 2.75. The summed E-state index contributed by atoms with van der Waals surface area (Å²) in [6.45, 7) is 0.394. The minimum atomic E-state index is -0.550. The summed E-state index contributed by atoms with van der Waals surface area (Å²) in [4.78, 5) is 12.5. The van der Waals surface area contributed by atoms with Gasteiger partial charge in [0, 0.05) is 15.7 Å². The number of anilines is 1. The van der Waals surface area contributed by atoms with E-state index >= 15 is 0 Å². The van der Waals surface area contributed by atoms with Crippen LogP contribution in [0.15, 0.2) is 75.2 Å². The molecule has 0 aromatic heterocycles. The van der Waals surface area contributed by atoms with Gasteiger partial charge in [-0.1, -0.05) is 63.4 Å². The number of ether oxygens (including phenoxy) is 1. The standard InChI is InChI=1S/C23H14Br2Cl2N2O2/c24-18-4-2-1-3-15(18)13-31-22-8-5-14(10-19(22)25)9-16(12-28)23(30)29-17-6-7-20(26)21(27)11-17/h1-11H,13H2,(H,29,30)/b16-9+. The Bertz CT molecular complexity index is 1210. The molecule has 4 nitrogen and oxygen atoms in total. The number of hydrogen-bond donors (Lipinski definition) is 1. The van der Waals surface area contributed by atoms with Gasteiger partial charge in [0.15, 0.2) is 0 Å². The Kier molecular flexibility index (Phi) is 8.16. The minimum Gasteiger partial charge on any atom is -0.488 e. The summed E-state index contributed by atoms with van der Waals surface area (Å²) in [6.07, 6.45) is 1.50. The second-order valence-electron chi connectivity index (χ2n) is 6.32. The number of rotatable bonds is 6. The van der Waals surface area contributed by atoms with Gasteiger partial charge in [-0.05, 0) is 64.0 Å². The molecular formula is C23H14Br2Cl2N2O2. The number of nitrogens with zero attached hydrogens (tertiary/aromatic N) is 1. The molecule has 156 valence electrons. The molecule has 3 aromatic rings. The Balaban J connectivity index is 1.72. The molecule has 3 rings (SSSR count). The highest BCUT2D eigenvalue weighted by molar-refractivity contribution is 9.10. The van der Waals surface area contributed by atoms with Crippen molar-refractivity contribution >= 4 is 72.7 Å². The van der Waals surface area contributed by atoms with E-state index in [1.165, 1.54) is 12.1 Å². The van der Waals surface area contributed by atoms with Crippen LogP contribution in [0.2, 0.25) is 10.0 Å². The Morgan fingerprint density at radius 2 is 1.81 bits per heavy atom. The van der Waals surface area contributed by atoms with E-state index < -0.39 is 5.91 Å². The molecule has 31 heavy (non-hydrogen) atoms. The lowest BCUT2D eigenvalue weighted by atomic mass is 10.1. The van der Waals surface area contributed by atoms with Crippen LogP contribution in [-0.2, 0) is 11.4 Å². The van der Waals surface area contributed by atoms with Crippen LogP contribution in [0.25, 0.3) is 6.08 Å². The number of halogens is 4. The summed E-state index contributed by atoms with van der Waals surface area (Å²) in [6, 6.07) is 19.7. The second kappa shape index (κ2) is 10.8. The van der Waals surface area contributed by atoms with Crippen LogP contribution in [0.3, 0.4) is 0 Å². The van der Waals surface area contributed by atoms with Gasteiger partial charge in [-0.2, -0.15) is 5.26 Å². The van der Waals surface area contributed by atoms with E-state index in [1.807, 2.05) is 30.3 Å². The van der Waals surface area contributed by atoms with E-state index in [4.69, 9.17) is 27.9 Å². The van der Waals surface area contributed by atoms with E-state index in [1.54, 1.807) is 30.3 Å². The largest absolute Gasteiger partial charge is 0.488 e. The van der Waals surface area contributed by atoms with Gasteiger partial charge >= 0.3 is 0 Å². The lowest BCUT2D eigenvalue weighted by molar-refractivity contribution is -0.112. The van der Waals surface area contributed by atoms with E-state index in [0.717, 1.165) is 10.0 Å². The lowest BCUT2D eigenvalue weighted by Crippen LogP contribution is -2.13. The average molecular weight is 581 g/mol. The van der Waals surface area contributed by atoms with Crippen LogP contribution in [0.5, 0.6) is 5.75 Å². The molecule has 0 aliphatic rings. The molecule has 1 N–H and O–H groups in total. The minimum absolute atomic E-state index is 0.0557. The van der Waals surface area contributed by atoms with Crippen LogP contribution < -0.4 is 10.1 Å². The van der Waals surface area contributed by atoms with Gasteiger partial charge in [0.25, 0.3) is 5.91 Å². The first-order valence-corrected chi connectivity index (χ1v) is 11.3. The van der Waals surface area contributed by atoms with Crippen molar-refractivity contribution in [2.45, 2.75) is 6.61 Å². The van der Waals surface area contributed by atoms with E-state index in [2.05, 4.69) is 37.2 Å². The quantitative estimate of drug-likeness (QED) is 0.241. The molecule has 0 aliphatic carbocycles. The second-order valence-corrected chi connectivity index (χ2v) is 8.85. The third kappa shape index (κ3) is 6.34. The molecule has 1 amide bonds. The maximum atomic E-state index is 12.5. The highest BCUT2D eigenvalue weighted by atomic mass is 79.9. The topological polar surface area (TPSA) is 62.1 Å². The van der Waals surface area contributed by atoms with Crippen LogP contribution in [0.4, 0.5) is 5.69 Å². The van der Waals surface area contributed by atoms with Crippen molar-refractivity contribution in [3.8, 4) is 11.8 Å². The fourth-order valence-electron chi connectivity index (χ4n) is 2.58. The first-order chi connectivity index (χ1) is 14.9. The third-order valence-electron chi connectivity index (χ3n) is 4.15. The number of carbonyl (C=O) groups excluding carboxylic acids is 1. The van der Waals surface area contributed by atoms with Gasteiger partial charge in [-0.25, -0.2) is 0 Å². The lowest BCUT2D eigenvalue weighted by Gasteiger charge is -2.10. The monoisotopic (exact) mass is 578 g/mol. The Morgan fingerprint density at radius 3 is 2.48 bits per heavy atom. The Morgan fingerprint density at radius 1 is 1.03 bits per heavy atom. The molecule has 0 bridgehead atoms. The first-order valence-electron chi connectivity index (χ1n) is 8.91. The molecule has 0 aliphatic heterocycles. The highest BCUT2D eigenvalue weighted by Gasteiger charge is 2.12. The number of carbonyl (C=O) groups is 1. The van der Waals surface area contributed by atoms with Crippen molar-refractivity contribution in [3.05, 3.63) is 96.4 Å². The molecule has 0 saturated carbocycles. The molecule has 0 radical (unpaired) electrons. The van der Waals surface area contributed by atoms with Crippen LogP contribution in [-0.4, -0.2) is 5.91 Å². The number of hydrogen-bond acceptors (Lipinski definition) is 3. The smallest absolute Gasteiger partial charge is 0.266 e. The van der Waals surface area contributed by atoms with Gasteiger partial charge < -0.3 is 10.1 Å². The molecule has 8 heteroatoms. The third-order valence-corrected chi connectivity index (χ3v) is 6.28.